The molecule has 4 heterocycles. The monoisotopic (exact) mass is 383 g/mol. The van der Waals surface area contributed by atoms with Gasteiger partial charge in [0.05, 0.1) is 0 Å². The zero-order valence-electron chi connectivity index (χ0n) is 15.5. The van der Waals surface area contributed by atoms with Crippen molar-refractivity contribution in [2.75, 3.05) is 13.3 Å². The molecule has 4 unspecified atom stereocenters. The molecule has 0 amide bonds. The van der Waals surface area contributed by atoms with Crippen LogP contribution in [0.25, 0.3) is 6.08 Å². The van der Waals surface area contributed by atoms with Crippen LogP contribution in [-0.4, -0.2) is 33.7 Å². The molecule has 2 aromatic rings. The number of aromatic nitrogens is 1. The van der Waals surface area contributed by atoms with Crippen LogP contribution < -0.4 is 15.2 Å². The van der Waals surface area contributed by atoms with E-state index in [2.05, 4.69) is 57.8 Å². The number of nitrogens with two attached hydrogens (primary N) is 1. The van der Waals surface area contributed by atoms with Gasteiger partial charge < -0.3 is 15.2 Å². The normalized spacial score (nSPS) is 29.3. The fraction of sp³-hybridized carbons (Fsp3) is 0.429. The van der Waals surface area contributed by atoms with E-state index in [4.69, 9.17) is 15.2 Å². The molecular formula is C21H25N3O2S. The Labute approximate surface area is 164 Å². The van der Waals surface area contributed by atoms with Gasteiger partial charge in [-0.3, -0.25) is 3.97 Å². The number of ether oxygens (including phenoxy) is 2. The molecule has 3 aliphatic heterocycles. The van der Waals surface area contributed by atoms with E-state index >= 15 is 0 Å². The van der Waals surface area contributed by atoms with E-state index in [0.717, 1.165) is 30.0 Å². The minimum absolute atomic E-state index is 0.316. The molecule has 6 heteroatoms. The molecule has 0 bridgehead atoms. The third-order valence-electron chi connectivity index (χ3n) is 5.92. The molecule has 0 spiro atoms. The molecule has 3 aliphatic rings. The van der Waals surface area contributed by atoms with Crippen LogP contribution in [-0.2, 0) is 0 Å². The molecule has 2 N–H and O–H groups in total. The first-order valence-corrected chi connectivity index (χ1v) is 10.4. The standard InChI is InChI=1S/C21H25N3O2S/c1-14-11-16(6-4-15-5-7-19-20(12-15)26-13-25-19)24-21(14)17(8-9-22)18-3-2-10-23(18)27-24/h2-7,10,12,14,16-17,21H,8-9,11,13,22H2,1H3/b6-4+. The molecule has 1 aromatic heterocycles. The Morgan fingerprint density at radius 1 is 1.26 bits per heavy atom. The lowest BCUT2D eigenvalue weighted by atomic mass is 9.86. The third-order valence-corrected chi connectivity index (χ3v) is 7.13. The highest BCUT2D eigenvalue weighted by atomic mass is 32.2. The van der Waals surface area contributed by atoms with Crippen molar-refractivity contribution in [1.29, 1.82) is 0 Å². The van der Waals surface area contributed by atoms with E-state index in [-0.39, 0.29) is 0 Å². The molecule has 0 radical (unpaired) electrons. The summed E-state index contributed by atoms with van der Waals surface area (Å²) in [6.07, 6.45) is 8.93. The van der Waals surface area contributed by atoms with Gasteiger partial charge in [-0.2, -0.15) is 0 Å². The van der Waals surface area contributed by atoms with E-state index in [1.165, 1.54) is 12.1 Å². The van der Waals surface area contributed by atoms with Crippen LogP contribution in [0.1, 0.15) is 36.9 Å². The maximum Gasteiger partial charge on any atom is 0.231 e. The summed E-state index contributed by atoms with van der Waals surface area (Å²) >= 11 is 1.84. The third kappa shape index (κ3) is 2.96. The molecule has 0 saturated carbocycles. The van der Waals surface area contributed by atoms with Crippen molar-refractivity contribution < 1.29 is 9.47 Å². The molecule has 5 nitrogen and oxygen atoms in total. The fourth-order valence-electron chi connectivity index (χ4n) is 4.70. The van der Waals surface area contributed by atoms with Gasteiger partial charge in [0, 0.05) is 42.0 Å². The second-order valence-electron chi connectivity index (χ2n) is 7.63. The molecular weight excluding hydrogens is 358 g/mol. The van der Waals surface area contributed by atoms with Gasteiger partial charge in [0.1, 0.15) is 0 Å². The smallest absolute Gasteiger partial charge is 0.231 e. The number of hydrogen-bond donors (Lipinski definition) is 1. The van der Waals surface area contributed by atoms with Gasteiger partial charge >= 0.3 is 0 Å². The summed E-state index contributed by atoms with van der Waals surface area (Å²) in [5, 5.41) is 0. The molecule has 27 heavy (non-hydrogen) atoms. The van der Waals surface area contributed by atoms with E-state index in [1.807, 2.05) is 18.2 Å². The number of benzene rings is 1. The van der Waals surface area contributed by atoms with Crippen molar-refractivity contribution in [3.63, 3.8) is 0 Å². The Morgan fingerprint density at radius 3 is 3.04 bits per heavy atom. The summed E-state index contributed by atoms with van der Waals surface area (Å²) in [5.74, 6) is 2.81. The van der Waals surface area contributed by atoms with Crippen molar-refractivity contribution in [1.82, 2.24) is 8.28 Å². The molecule has 1 fully saturated rings. The molecule has 142 valence electrons. The Morgan fingerprint density at radius 2 is 2.15 bits per heavy atom. The highest BCUT2D eigenvalue weighted by molar-refractivity contribution is 7.95. The van der Waals surface area contributed by atoms with Crippen LogP contribution in [0.5, 0.6) is 11.5 Å². The molecule has 1 aromatic carbocycles. The summed E-state index contributed by atoms with van der Waals surface area (Å²) in [4.78, 5) is 0. The van der Waals surface area contributed by atoms with Gasteiger partial charge in [-0.25, -0.2) is 4.31 Å². The quantitative estimate of drug-likeness (QED) is 0.813. The van der Waals surface area contributed by atoms with Gasteiger partial charge in [0.2, 0.25) is 6.79 Å². The average molecular weight is 384 g/mol. The number of nitrogens with zero attached hydrogens (tertiary/aromatic N) is 2. The average Bonchev–Trinajstić information content (AvgIpc) is 3.38. The van der Waals surface area contributed by atoms with E-state index in [1.54, 1.807) is 0 Å². The van der Waals surface area contributed by atoms with Crippen molar-refractivity contribution in [2.45, 2.75) is 37.8 Å². The largest absolute Gasteiger partial charge is 0.454 e. The summed E-state index contributed by atoms with van der Waals surface area (Å²) in [7, 11) is 0. The molecule has 0 aliphatic carbocycles. The predicted molar refractivity (Wildman–Crippen MR) is 109 cm³/mol. The van der Waals surface area contributed by atoms with E-state index < -0.39 is 0 Å². The van der Waals surface area contributed by atoms with Crippen LogP contribution in [0, 0.1) is 5.92 Å². The maximum absolute atomic E-state index is 5.96. The second-order valence-corrected chi connectivity index (χ2v) is 8.61. The first-order valence-electron chi connectivity index (χ1n) is 9.66. The lowest BCUT2D eigenvalue weighted by Gasteiger charge is -2.39. The summed E-state index contributed by atoms with van der Waals surface area (Å²) in [6.45, 7) is 3.43. The van der Waals surface area contributed by atoms with Crippen LogP contribution in [0.4, 0.5) is 0 Å². The van der Waals surface area contributed by atoms with Gasteiger partial charge in [-0.1, -0.05) is 25.1 Å². The number of rotatable bonds is 4. The molecule has 1 saturated heterocycles. The van der Waals surface area contributed by atoms with Crippen molar-refractivity contribution in [3.05, 3.63) is 53.9 Å². The SMILES string of the molecule is CC1CC(/C=C/c2ccc3c(c2)OCO3)N2Sn3cccc3C(CCN)C12. The lowest BCUT2D eigenvalue weighted by molar-refractivity contribution is 0.174. The van der Waals surface area contributed by atoms with Crippen molar-refractivity contribution in [3.8, 4) is 11.5 Å². The van der Waals surface area contributed by atoms with Crippen molar-refractivity contribution in [2.24, 2.45) is 11.7 Å². The summed E-state index contributed by atoms with van der Waals surface area (Å²) in [6, 6.07) is 11.5. The van der Waals surface area contributed by atoms with Crippen LogP contribution in [0.3, 0.4) is 0 Å². The Kier molecular flexibility index (Phi) is 4.42. The van der Waals surface area contributed by atoms with Crippen LogP contribution >= 0.6 is 12.1 Å². The van der Waals surface area contributed by atoms with Crippen LogP contribution in [0.15, 0.2) is 42.6 Å². The van der Waals surface area contributed by atoms with E-state index in [0.29, 0.717) is 30.7 Å². The van der Waals surface area contributed by atoms with Gasteiger partial charge in [0.15, 0.2) is 11.5 Å². The minimum Gasteiger partial charge on any atom is -0.454 e. The molecule has 5 rings (SSSR count). The zero-order chi connectivity index (χ0) is 18.4. The summed E-state index contributed by atoms with van der Waals surface area (Å²) in [5.41, 5.74) is 8.52. The van der Waals surface area contributed by atoms with Crippen molar-refractivity contribution >= 4 is 18.2 Å². The topological polar surface area (TPSA) is 52.7 Å². The second kappa shape index (κ2) is 6.93. The van der Waals surface area contributed by atoms with Crippen LogP contribution in [0.2, 0.25) is 0 Å². The predicted octanol–water partition coefficient (Wildman–Crippen LogP) is 3.87. The highest BCUT2D eigenvalue weighted by Crippen LogP contribution is 2.48. The highest BCUT2D eigenvalue weighted by Gasteiger charge is 2.46. The summed E-state index contributed by atoms with van der Waals surface area (Å²) < 4.78 is 15.8. The minimum atomic E-state index is 0.316. The fourth-order valence-corrected chi connectivity index (χ4v) is 6.06. The van der Waals surface area contributed by atoms with E-state index in [9.17, 15) is 0 Å². The Bertz CT molecular complexity index is 865. The first-order chi connectivity index (χ1) is 13.2. The van der Waals surface area contributed by atoms with Gasteiger partial charge in [-0.15, -0.1) is 0 Å². The van der Waals surface area contributed by atoms with Gasteiger partial charge in [0.25, 0.3) is 0 Å². The Hall–Kier alpha value is -1.89. The first kappa shape index (κ1) is 17.2. The number of hydrogen-bond acceptors (Lipinski definition) is 5. The zero-order valence-corrected chi connectivity index (χ0v) is 16.3. The Balaban J connectivity index is 1.40. The lowest BCUT2D eigenvalue weighted by Crippen LogP contribution is -2.41. The van der Waals surface area contributed by atoms with Gasteiger partial charge in [-0.05, 0) is 55.1 Å². The number of fused-ring (bicyclic) bond motifs is 3. The molecule has 4 atom stereocenters. The maximum atomic E-state index is 5.96.